The molecule has 0 saturated carbocycles. The molecule has 0 heterocycles. The third-order valence-corrected chi connectivity index (χ3v) is 3.33. The molecule has 0 spiro atoms. The molecule has 0 radical (unpaired) electrons. The van der Waals surface area contributed by atoms with Crippen LogP contribution < -0.4 is 14.8 Å². The Balaban J connectivity index is 3.21. The van der Waals surface area contributed by atoms with Crippen LogP contribution >= 0.6 is 0 Å². The van der Waals surface area contributed by atoms with Gasteiger partial charge in [-0.05, 0) is 32.9 Å². The van der Waals surface area contributed by atoms with Crippen molar-refractivity contribution in [1.82, 2.24) is 10.2 Å². The van der Waals surface area contributed by atoms with E-state index in [0.29, 0.717) is 5.56 Å². The molecule has 10 heteroatoms. The summed E-state index contributed by atoms with van der Waals surface area (Å²) < 4.78 is 20.8. The molecule has 1 atom stereocenters. The lowest BCUT2D eigenvalue weighted by atomic mass is 10.0. The van der Waals surface area contributed by atoms with Crippen LogP contribution in [0.25, 0.3) is 0 Å². The van der Waals surface area contributed by atoms with Crippen molar-refractivity contribution in [3.05, 3.63) is 23.8 Å². The van der Waals surface area contributed by atoms with Gasteiger partial charge in [0.05, 0.1) is 12.5 Å². The predicted octanol–water partition coefficient (Wildman–Crippen LogP) is 2.77. The summed E-state index contributed by atoms with van der Waals surface area (Å²) in [6.45, 7) is 4.95. The summed E-state index contributed by atoms with van der Waals surface area (Å²) in [5, 5.41) is 11.8. The lowest BCUT2D eigenvalue weighted by Crippen LogP contribution is -2.36. The zero-order chi connectivity index (χ0) is 22.2. The summed E-state index contributed by atoms with van der Waals surface area (Å²) in [4.78, 5) is 36.5. The number of methoxy groups -OCH3 is 1. The minimum Gasteiger partial charge on any atom is -0.481 e. The summed E-state index contributed by atoms with van der Waals surface area (Å²) in [6.07, 6.45) is -1.78. The van der Waals surface area contributed by atoms with Gasteiger partial charge in [-0.1, -0.05) is 0 Å². The minimum absolute atomic E-state index is 0.135. The van der Waals surface area contributed by atoms with Crippen LogP contribution in [0.1, 0.15) is 38.8 Å². The number of carboxylic acid groups (broad SMARTS) is 1. The summed E-state index contributed by atoms with van der Waals surface area (Å²) >= 11 is 0. The first-order valence-corrected chi connectivity index (χ1v) is 8.79. The molecule has 0 aliphatic carbocycles. The van der Waals surface area contributed by atoms with Gasteiger partial charge in [-0.2, -0.15) is 0 Å². The Morgan fingerprint density at radius 1 is 1.21 bits per heavy atom. The van der Waals surface area contributed by atoms with Crippen molar-refractivity contribution in [3.63, 3.8) is 0 Å². The number of aliphatic carboxylic acids is 1. The van der Waals surface area contributed by atoms with Gasteiger partial charge in [0.15, 0.2) is 6.79 Å². The molecule has 0 bridgehead atoms. The van der Waals surface area contributed by atoms with Gasteiger partial charge in [0, 0.05) is 32.8 Å². The molecule has 2 amide bonds. The molecule has 10 nitrogen and oxygen atoms in total. The number of nitrogens with one attached hydrogen (secondary N) is 1. The number of benzene rings is 1. The monoisotopic (exact) mass is 412 g/mol. The number of carbonyl (C=O) groups excluding carboxylic acids is 2. The van der Waals surface area contributed by atoms with E-state index in [9.17, 15) is 19.5 Å². The number of hydrogen-bond donors (Lipinski definition) is 2. The molecule has 0 aromatic heterocycles. The Kier molecular flexibility index (Phi) is 8.71. The van der Waals surface area contributed by atoms with Gasteiger partial charge in [-0.3, -0.25) is 4.79 Å². The third-order valence-electron chi connectivity index (χ3n) is 3.33. The molecule has 1 aromatic carbocycles. The molecular weight excluding hydrogens is 384 g/mol. The second kappa shape index (κ2) is 10.5. The number of ether oxygens (including phenoxy) is 4. The highest BCUT2D eigenvalue weighted by Crippen LogP contribution is 2.32. The van der Waals surface area contributed by atoms with Crippen LogP contribution in [0.4, 0.5) is 9.59 Å². The van der Waals surface area contributed by atoms with E-state index in [4.69, 9.17) is 18.9 Å². The average molecular weight is 412 g/mol. The molecule has 0 unspecified atom stereocenters. The molecule has 0 fully saturated rings. The highest BCUT2D eigenvalue weighted by Gasteiger charge is 2.25. The predicted molar refractivity (Wildman–Crippen MR) is 103 cm³/mol. The van der Waals surface area contributed by atoms with Crippen molar-refractivity contribution in [2.24, 2.45) is 0 Å². The van der Waals surface area contributed by atoms with Gasteiger partial charge in [-0.15, -0.1) is 0 Å². The third kappa shape index (κ3) is 8.69. The van der Waals surface area contributed by atoms with Crippen LogP contribution in [0.3, 0.4) is 0 Å². The van der Waals surface area contributed by atoms with Crippen molar-refractivity contribution < 1.29 is 38.4 Å². The van der Waals surface area contributed by atoms with E-state index in [-0.39, 0.29) is 18.3 Å². The van der Waals surface area contributed by atoms with Gasteiger partial charge >= 0.3 is 18.2 Å². The average Bonchev–Trinajstić information content (AvgIpc) is 2.57. The maximum Gasteiger partial charge on any atom is 0.414 e. The van der Waals surface area contributed by atoms with E-state index >= 15 is 0 Å². The fraction of sp³-hybridized carbons (Fsp3) is 0.526. The highest BCUT2D eigenvalue weighted by atomic mass is 16.7. The first-order valence-electron chi connectivity index (χ1n) is 8.79. The molecule has 0 aliphatic heterocycles. The molecule has 0 saturated heterocycles. The van der Waals surface area contributed by atoms with Gasteiger partial charge in [0.25, 0.3) is 0 Å². The Bertz CT molecular complexity index is 727. The van der Waals surface area contributed by atoms with Crippen LogP contribution in [0.2, 0.25) is 0 Å². The van der Waals surface area contributed by atoms with Crippen LogP contribution in [-0.4, -0.2) is 61.8 Å². The number of nitrogens with zero attached hydrogens (tertiary/aromatic N) is 1. The van der Waals surface area contributed by atoms with Crippen LogP contribution in [-0.2, 0) is 14.3 Å². The number of amides is 2. The summed E-state index contributed by atoms with van der Waals surface area (Å²) in [7, 11) is 4.49. The van der Waals surface area contributed by atoms with E-state index in [1.807, 2.05) is 0 Å². The fourth-order valence-corrected chi connectivity index (χ4v) is 2.17. The second-order valence-corrected chi connectivity index (χ2v) is 7.31. The van der Waals surface area contributed by atoms with Gasteiger partial charge in [-0.25, -0.2) is 9.59 Å². The van der Waals surface area contributed by atoms with E-state index in [2.05, 4.69) is 5.32 Å². The Labute approximate surface area is 169 Å². The highest BCUT2D eigenvalue weighted by molar-refractivity contribution is 5.73. The van der Waals surface area contributed by atoms with E-state index in [1.165, 1.54) is 44.3 Å². The fourth-order valence-electron chi connectivity index (χ4n) is 2.17. The lowest BCUT2D eigenvalue weighted by Gasteiger charge is -2.24. The van der Waals surface area contributed by atoms with Crippen molar-refractivity contribution in [2.45, 2.75) is 38.8 Å². The van der Waals surface area contributed by atoms with Crippen molar-refractivity contribution >= 4 is 18.2 Å². The zero-order valence-electron chi connectivity index (χ0n) is 17.5. The maximum atomic E-state index is 12.2. The van der Waals surface area contributed by atoms with Crippen LogP contribution in [0.5, 0.6) is 11.5 Å². The molecule has 162 valence electrons. The molecule has 1 rings (SSSR count). The standard InChI is InChI=1S/C19H28N2O8/c1-19(2,3)29-17(24)20-14(10-16(22)23)13-8-7-12(28-18(25)21(4)5)9-15(13)27-11-26-6/h7-9,14H,10-11H2,1-6H3,(H,20,24)(H,22,23)/t14-/m1/s1. The van der Waals surface area contributed by atoms with Crippen molar-refractivity contribution in [2.75, 3.05) is 28.0 Å². The Morgan fingerprint density at radius 2 is 1.86 bits per heavy atom. The minimum atomic E-state index is -1.13. The van der Waals surface area contributed by atoms with Crippen molar-refractivity contribution in [1.29, 1.82) is 0 Å². The normalized spacial score (nSPS) is 11.9. The Hall–Kier alpha value is -3.01. The number of carboxylic acids is 1. The molecule has 29 heavy (non-hydrogen) atoms. The first kappa shape index (κ1) is 24.0. The lowest BCUT2D eigenvalue weighted by molar-refractivity contribution is -0.137. The molecule has 0 aliphatic rings. The van der Waals surface area contributed by atoms with Gasteiger partial charge < -0.3 is 34.3 Å². The first-order chi connectivity index (χ1) is 13.4. The molecule has 2 N–H and O–H groups in total. The molecule has 1 aromatic rings. The SMILES string of the molecule is COCOc1cc(OC(=O)N(C)C)ccc1[C@@H](CC(=O)O)NC(=O)OC(C)(C)C. The quantitative estimate of drug-likeness (QED) is 0.625. The number of hydrogen-bond acceptors (Lipinski definition) is 7. The van der Waals surface area contributed by atoms with Gasteiger partial charge in [0.1, 0.15) is 17.1 Å². The summed E-state index contributed by atoms with van der Waals surface area (Å²) in [5.74, 6) is -0.755. The largest absolute Gasteiger partial charge is 0.481 e. The van der Waals surface area contributed by atoms with Crippen molar-refractivity contribution in [3.8, 4) is 11.5 Å². The van der Waals surface area contributed by atoms with E-state index in [1.54, 1.807) is 20.8 Å². The zero-order valence-corrected chi connectivity index (χ0v) is 17.5. The van der Waals surface area contributed by atoms with Crippen LogP contribution in [0.15, 0.2) is 18.2 Å². The Morgan fingerprint density at radius 3 is 2.38 bits per heavy atom. The molecular formula is C19H28N2O8. The summed E-state index contributed by atoms with van der Waals surface area (Å²) in [6, 6.07) is 3.45. The number of carbonyl (C=O) groups is 3. The summed E-state index contributed by atoms with van der Waals surface area (Å²) in [5.41, 5.74) is -0.391. The van der Waals surface area contributed by atoms with E-state index in [0.717, 1.165) is 0 Å². The maximum absolute atomic E-state index is 12.2. The number of rotatable bonds is 8. The van der Waals surface area contributed by atoms with Gasteiger partial charge in [0.2, 0.25) is 0 Å². The smallest absolute Gasteiger partial charge is 0.414 e. The second-order valence-electron chi connectivity index (χ2n) is 7.31. The topological polar surface area (TPSA) is 124 Å². The van der Waals surface area contributed by atoms with E-state index < -0.39 is 36.2 Å². The van der Waals surface area contributed by atoms with Crippen LogP contribution in [0, 0.1) is 0 Å². The number of alkyl carbamates (subject to hydrolysis) is 1.